The number of carbonyl (C=O) groups excluding carboxylic acids is 1. The van der Waals surface area contributed by atoms with Crippen LogP contribution in [-0.2, 0) is 4.74 Å². The van der Waals surface area contributed by atoms with Crippen LogP contribution in [0.25, 0.3) is 0 Å². The maximum absolute atomic E-state index is 11.2. The third kappa shape index (κ3) is 2.18. The number of nitrogens with two attached hydrogens (primary N) is 1. The van der Waals surface area contributed by atoms with Crippen molar-refractivity contribution in [3.63, 3.8) is 0 Å². The van der Waals surface area contributed by atoms with E-state index in [1.807, 2.05) is 6.92 Å². The zero-order valence-electron chi connectivity index (χ0n) is 8.93. The van der Waals surface area contributed by atoms with E-state index in [9.17, 15) is 4.79 Å². The molecule has 5 nitrogen and oxygen atoms in total. The van der Waals surface area contributed by atoms with E-state index in [4.69, 9.17) is 5.73 Å². The van der Waals surface area contributed by atoms with Gasteiger partial charge in [0.1, 0.15) is 5.82 Å². The molecule has 82 valence electrons. The highest BCUT2D eigenvalue weighted by Crippen LogP contribution is 2.19. The average molecular weight is 209 g/mol. The van der Waals surface area contributed by atoms with Crippen molar-refractivity contribution in [2.75, 3.05) is 12.8 Å². The van der Waals surface area contributed by atoms with Crippen LogP contribution in [-0.4, -0.2) is 22.6 Å². The number of hydrogen-bond acceptors (Lipinski definition) is 4. The SMILES string of the molecule is C=CCC(C)n1cnc(C(=O)OC)c1N. The van der Waals surface area contributed by atoms with Crippen molar-refractivity contribution in [1.29, 1.82) is 0 Å². The number of anilines is 1. The van der Waals surface area contributed by atoms with Gasteiger partial charge in [0.25, 0.3) is 0 Å². The van der Waals surface area contributed by atoms with Crippen molar-refractivity contribution >= 4 is 11.8 Å². The van der Waals surface area contributed by atoms with E-state index in [1.165, 1.54) is 13.4 Å². The van der Waals surface area contributed by atoms with Gasteiger partial charge in [-0.15, -0.1) is 6.58 Å². The number of esters is 1. The van der Waals surface area contributed by atoms with Gasteiger partial charge in [0.05, 0.1) is 13.4 Å². The van der Waals surface area contributed by atoms with Gasteiger partial charge in [-0.2, -0.15) is 0 Å². The molecule has 0 aliphatic carbocycles. The number of carbonyl (C=O) groups is 1. The van der Waals surface area contributed by atoms with Crippen molar-refractivity contribution in [2.45, 2.75) is 19.4 Å². The highest BCUT2D eigenvalue weighted by atomic mass is 16.5. The number of allylic oxidation sites excluding steroid dienone is 1. The predicted octanol–water partition coefficient (Wildman–Crippen LogP) is 1.39. The smallest absolute Gasteiger partial charge is 0.360 e. The molecule has 1 aromatic heterocycles. The number of aromatic nitrogens is 2. The predicted molar refractivity (Wildman–Crippen MR) is 57.5 cm³/mol. The molecule has 0 aliphatic rings. The van der Waals surface area contributed by atoms with E-state index in [1.54, 1.807) is 10.6 Å². The molecule has 0 spiro atoms. The molecule has 2 N–H and O–H groups in total. The lowest BCUT2D eigenvalue weighted by Gasteiger charge is -2.12. The summed E-state index contributed by atoms with van der Waals surface area (Å²) in [4.78, 5) is 15.1. The van der Waals surface area contributed by atoms with E-state index in [0.717, 1.165) is 6.42 Å². The highest BCUT2D eigenvalue weighted by molar-refractivity contribution is 5.92. The summed E-state index contributed by atoms with van der Waals surface area (Å²) in [6, 6.07) is 0.133. The van der Waals surface area contributed by atoms with E-state index in [-0.39, 0.29) is 11.7 Å². The third-order valence-electron chi connectivity index (χ3n) is 2.19. The van der Waals surface area contributed by atoms with Crippen LogP contribution in [0, 0.1) is 0 Å². The van der Waals surface area contributed by atoms with Gasteiger partial charge < -0.3 is 15.0 Å². The van der Waals surface area contributed by atoms with Crippen molar-refractivity contribution in [2.24, 2.45) is 0 Å². The van der Waals surface area contributed by atoms with Crippen LogP contribution >= 0.6 is 0 Å². The molecule has 0 bridgehead atoms. The van der Waals surface area contributed by atoms with E-state index in [0.29, 0.717) is 5.82 Å². The topological polar surface area (TPSA) is 70.1 Å². The molecule has 5 heteroatoms. The molecular formula is C10H15N3O2. The van der Waals surface area contributed by atoms with Crippen LogP contribution in [0.4, 0.5) is 5.82 Å². The van der Waals surface area contributed by atoms with Gasteiger partial charge in [-0.25, -0.2) is 9.78 Å². The average Bonchev–Trinajstić information content (AvgIpc) is 2.59. The molecule has 0 saturated carbocycles. The molecule has 0 fully saturated rings. The molecule has 1 rings (SSSR count). The Hall–Kier alpha value is -1.78. The summed E-state index contributed by atoms with van der Waals surface area (Å²) >= 11 is 0. The largest absolute Gasteiger partial charge is 0.464 e. The first-order valence-electron chi connectivity index (χ1n) is 4.63. The van der Waals surface area contributed by atoms with Crippen LogP contribution in [0.2, 0.25) is 0 Å². The zero-order chi connectivity index (χ0) is 11.4. The second-order valence-electron chi connectivity index (χ2n) is 3.25. The molecule has 1 heterocycles. The maximum atomic E-state index is 11.2. The molecular weight excluding hydrogens is 194 g/mol. The van der Waals surface area contributed by atoms with Gasteiger partial charge in [-0.1, -0.05) is 6.08 Å². The van der Waals surface area contributed by atoms with Crippen LogP contribution in [0.5, 0.6) is 0 Å². The van der Waals surface area contributed by atoms with Crippen molar-refractivity contribution in [3.05, 3.63) is 24.7 Å². The fourth-order valence-corrected chi connectivity index (χ4v) is 1.33. The lowest BCUT2D eigenvalue weighted by molar-refractivity contribution is 0.0596. The van der Waals surface area contributed by atoms with Crippen LogP contribution in [0.3, 0.4) is 0 Å². The Bertz CT molecular complexity index is 371. The molecule has 0 aromatic carbocycles. The minimum Gasteiger partial charge on any atom is -0.464 e. The van der Waals surface area contributed by atoms with Gasteiger partial charge in [0.2, 0.25) is 0 Å². The zero-order valence-corrected chi connectivity index (χ0v) is 8.93. The Morgan fingerprint density at radius 3 is 3.07 bits per heavy atom. The first-order chi connectivity index (χ1) is 7.11. The number of nitrogen functional groups attached to an aromatic ring is 1. The Morgan fingerprint density at radius 2 is 2.53 bits per heavy atom. The molecule has 1 unspecified atom stereocenters. The molecule has 0 saturated heterocycles. The number of ether oxygens (including phenoxy) is 1. The molecule has 15 heavy (non-hydrogen) atoms. The summed E-state index contributed by atoms with van der Waals surface area (Å²) in [5.41, 5.74) is 5.94. The number of hydrogen-bond donors (Lipinski definition) is 1. The lowest BCUT2D eigenvalue weighted by Crippen LogP contribution is -2.10. The second kappa shape index (κ2) is 4.63. The lowest BCUT2D eigenvalue weighted by atomic mass is 10.2. The van der Waals surface area contributed by atoms with E-state index >= 15 is 0 Å². The van der Waals surface area contributed by atoms with Gasteiger partial charge in [-0.3, -0.25) is 0 Å². The number of methoxy groups -OCH3 is 1. The van der Waals surface area contributed by atoms with Crippen LogP contribution in [0.1, 0.15) is 29.9 Å². The van der Waals surface area contributed by atoms with Crippen molar-refractivity contribution in [1.82, 2.24) is 9.55 Å². The van der Waals surface area contributed by atoms with Crippen molar-refractivity contribution < 1.29 is 9.53 Å². The Labute approximate surface area is 88.6 Å². The molecule has 1 atom stereocenters. The van der Waals surface area contributed by atoms with Crippen LogP contribution in [0.15, 0.2) is 19.0 Å². The van der Waals surface area contributed by atoms with Crippen molar-refractivity contribution in [3.8, 4) is 0 Å². The summed E-state index contributed by atoms with van der Waals surface area (Å²) < 4.78 is 6.29. The first-order valence-corrected chi connectivity index (χ1v) is 4.63. The minimum atomic E-state index is -0.517. The summed E-state index contributed by atoms with van der Waals surface area (Å²) in [7, 11) is 1.30. The molecule has 1 aromatic rings. The Morgan fingerprint density at radius 1 is 1.87 bits per heavy atom. The minimum absolute atomic E-state index is 0.133. The fraction of sp³-hybridized carbons (Fsp3) is 0.400. The van der Waals surface area contributed by atoms with Gasteiger partial charge in [0.15, 0.2) is 5.69 Å². The summed E-state index contributed by atoms with van der Waals surface area (Å²) in [5.74, 6) is -0.187. The normalized spacial score (nSPS) is 12.1. The number of nitrogens with zero attached hydrogens (tertiary/aromatic N) is 2. The van der Waals surface area contributed by atoms with Gasteiger partial charge in [-0.05, 0) is 13.3 Å². The van der Waals surface area contributed by atoms with E-state index < -0.39 is 5.97 Å². The number of imidazole rings is 1. The third-order valence-corrected chi connectivity index (χ3v) is 2.19. The second-order valence-corrected chi connectivity index (χ2v) is 3.25. The maximum Gasteiger partial charge on any atom is 0.360 e. The standard InChI is InChI=1S/C10H15N3O2/c1-4-5-7(2)13-6-12-8(9(13)11)10(14)15-3/h4,6-7H,1,5,11H2,2-3H3. The fourth-order valence-electron chi connectivity index (χ4n) is 1.33. The summed E-state index contributed by atoms with van der Waals surface area (Å²) in [6.45, 7) is 5.62. The van der Waals surface area contributed by atoms with Gasteiger partial charge in [0, 0.05) is 6.04 Å². The first kappa shape index (κ1) is 11.3. The highest BCUT2D eigenvalue weighted by Gasteiger charge is 2.17. The van der Waals surface area contributed by atoms with Gasteiger partial charge >= 0.3 is 5.97 Å². The molecule has 0 radical (unpaired) electrons. The van der Waals surface area contributed by atoms with E-state index in [2.05, 4.69) is 16.3 Å². The monoisotopic (exact) mass is 209 g/mol. The van der Waals surface area contributed by atoms with Crippen LogP contribution < -0.4 is 5.73 Å². The number of rotatable bonds is 4. The molecule has 0 aliphatic heterocycles. The quantitative estimate of drug-likeness (QED) is 0.601. The Balaban J connectivity index is 2.98. The Kier molecular flexibility index (Phi) is 3.49. The molecule has 0 amide bonds. The summed E-state index contributed by atoms with van der Waals surface area (Å²) in [6.07, 6.45) is 4.10. The summed E-state index contributed by atoms with van der Waals surface area (Å²) in [5, 5.41) is 0.